The van der Waals surface area contributed by atoms with Gasteiger partial charge in [-0.15, -0.1) is 0 Å². The van der Waals surface area contributed by atoms with Crippen molar-refractivity contribution in [2.75, 3.05) is 7.11 Å². The maximum absolute atomic E-state index is 8.62. The van der Waals surface area contributed by atoms with E-state index in [2.05, 4.69) is 4.98 Å². The number of fused-ring (bicyclic) bond motifs is 1. The third-order valence-electron chi connectivity index (χ3n) is 1.67. The van der Waals surface area contributed by atoms with E-state index < -0.39 is 0 Å². The average molecular weight is 190 g/mol. The van der Waals surface area contributed by atoms with Gasteiger partial charge in [-0.3, -0.25) is 0 Å². The number of ether oxygens (including phenoxy) is 1. The van der Waals surface area contributed by atoms with E-state index in [0.29, 0.717) is 5.69 Å². The van der Waals surface area contributed by atoms with Crippen LogP contribution in [0.5, 0.6) is 5.06 Å². The van der Waals surface area contributed by atoms with Crippen LogP contribution in [0.1, 0.15) is 5.69 Å². The van der Waals surface area contributed by atoms with Gasteiger partial charge in [-0.05, 0) is 12.1 Å². The van der Waals surface area contributed by atoms with Crippen LogP contribution in [0.3, 0.4) is 0 Å². The van der Waals surface area contributed by atoms with Gasteiger partial charge in [0, 0.05) is 6.07 Å². The van der Waals surface area contributed by atoms with Crippen molar-refractivity contribution in [3.8, 4) is 11.1 Å². The van der Waals surface area contributed by atoms with Crippen LogP contribution in [-0.4, -0.2) is 12.1 Å². The molecule has 2 aromatic rings. The maximum Gasteiger partial charge on any atom is 0.176 e. The van der Waals surface area contributed by atoms with Gasteiger partial charge in [0.25, 0.3) is 0 Å². The molecular weight excluding hydrogens is 184 g/mol. The Morgan fingerprint density at radius 2 is 2.38 bits per heavy atom. The number of nitrogens with zero attached hydrogens (tertiary/aromatic N) is 2. The van der Waals surface area contributed by atoms with Crippen molar-refractivity contribution in [3.05, 3.63) is 23.9 Å². The minimum atomic E-state index is 0.438. The molecule has 0 saturated heterocycles. The van der Waals surface area contributed by atoms with Crippen molar-refractivity contribution >= 4 is 21.6 Å². The first-order chi connectivity index (χ1) is 6.33. The molecule has 4 heteroatoms. The molecule has 0 aromatic carbocycles. The molecule has 0 fully saturated rings. The molecule has 0 aliphatic heterocycles. The van der Waals surface area contributed by atoms with Gasteiger partial charge in [-0.1, -0.05) is 11.3 Å². The van der Waals surface area contributed by atoms with E-state index in [1.54, 1.807) is 13.2 Å². The average Bonchev–Trinajstić information content (AvgIpc) is 2.58. The number of pyridine rings is 1. The number of aromatic nitrogens is 1. The number of hydrogen-bond donors (Lipinski definition) is 0. The molecule has 2 heterocycles. The van der Waals surface area contributed by atoms with Crippen molar-refractivity contribution in [3.63, 3.8) is 0 Å². The lowest BCUT2D eigenvalue weighted by atomic mass is 10.3. The lowest BCUT2D eigenvalue weighted by Crippen LogP contribution is -1.79. The zero-order chi connectivity index (χ0) is 9.26. The van der Waals surface area contributed by atoms with E-state index in [1.807, 2.05) is 18.2 Å². The second kappa shape index (κ2) is 3.04. The van der Waals surface area contributed by atoms with Gasteiger partial charge in [-0.2, -0.15) is 5.26 Å². The molecule has 64 valence electrons. The Kier molecular flexibility index (Phi) is 1.87. The molecule has 13 heavy (non-hydrogen) atoms. The summed E-state index contributed by atoms with van der Waals surface area (Å²) in [7, 11) is 1.62. The Morgan fingerprint density at radius 1 is 1.54 bits per heavy atom. The number of nitriles is 1. The zero-order valence-corrected chi connectivity index (χ0v) is 7.76. The summed E-state index contributed by atoms with van der Waals surface area (Å²) >= 11 is 1.52. The molecular formula is C9H6N2OS. The normalized spacial score (nSPS) is 9.85. The smallest absolute Gasteiger partial charge is 0.176 e. The van der Waals surface area contributed by atoms with Crippen LogP contribution in [0, 0.1) is 11.3 Å². The monoisotopic (exact) mass is 190 g/mol. The summed E-state index contributed by atoms with van der Waals surface area (Å²) in [6, 6.07) is 7.42. The third-order valence-corrected chi connectivity index (χ3v) is 2.72. The van der Waals surface area contributed by atoms with Gasteiger partial charge in [-0.25, -0.2) is 4.98 Å². The van der Waals surface area contributed by atoms with Gasteiger partial charge in [0.1, 0.15) is 11.8 Å². The van der Waals surface area contributed by atoms with E-state index in [-0.39, 0.29) is 0 Å². The van der Waals surface area contributed by atoms with Gasteiger partial charge in [0.05, 0.1) is 17.3 Å². The highest BCUT2D eigenvalue weighted by Crippen LogP contribution is 2.29. The first kappa shape index (κ1) is 8.02. The Balaban J connectivity index is 2.65. The summed E-state index contributed by atoms with van der Waals surface area (Å²) in [5.41, 5.74) is 1.26. The van der Waals surface area contributed by atoms with E-state index in [0.717, 1.165) is 15.3 Å². The topological polar surface area (TPSA) is 45.9 Å². The zero-order valence-electron chi connectivity index (χ0n) is 6.94. The maximum atomic E-state index is 8.62. The Labute approximate surface area is 79.2 Å². The van der Waals surface area contributed by atoms with Gasteiger partial charge >= 0.3 is 0 Å². The van der Waals surface area contributed by atoms with E-state index in [4.69, 9.17) is 10.00 Å². The third kappa shape index (κ3) is 1.34. The first-order valence-electron chi connectivity index (χ1n) is 3.68. The summed E-state index contributed by atoms with van der Waals surface area (Å²) in [6.07, 6.45) is 0. The van der Waals surface area contributed by atoms with Crippen LogP contribution in [0.4, 0.5) is 0 Å². The molecule has 0 aliphatic rings. The number of thiophene rings is 1. The molecule has 0 saturated carbocycles. The van der Waals surface area contributed by atoms with Crippen LogP contribution in [0.15, 0.2) is 18.2 Å². The molecule has 3 nitrogen and oxygen atoms in total. The molecule has 2 rings (SSSR count). The predicted octanol–water partition coefficient (Wildman–Crippen LogP) is 2.18. The van der Waals surface area contributed by atoms with Crippen molar-refractivity contribution in [2.24, 2.45) is 0 Å². The lowest BCUT2D eigenvalue weighted by molar-refractivity contribution is 0.427. The van der Waals surface area contributed by atoms with Crippen LogP contribution in [0.25, 0.3) is 10.2 Å². The van der Waals surface area contributed by atoms with Crippen LogP contribution >= 0.6 is 11.3 Å². The molecule has 0 bridgehead atoms. The second-order valence-electron chi connectivity index (χ2n) is 2.46. The van der Waals surface area contributed by atoms with E-state index in [1.165, 1.54) is 11.3 Å². The fraction of sp³-hybridized carbons (Fsp3) is 0.111. The van der Waals surface area contributed by atoms with Gasteiger partial charge in [0.2, 0.25) is 0 Å². The number of methoxy groups -OCH3 is 1. The minimum Gasteiger partial charge on any atom is -0.487 e. The number of rotatable bonds is 1. The fourth-order valence-electron chi connectivity index (χ4n) is 1.06. The summed E-state index contributed by atoms with van der Waals surface area (Å²) < 4.78 is 6.11. The van der Waals surface area contributed by atoms with Gasteiger partial charge < -0.3 is 4.74 Å². The molecule has 0 N–H and O–H groups in total. The molecule has 0 unspecified atom stereocenters. The highest BCUT2D eigenvalue weighted by atomic mass is 32.1. The molecule has 2 aromatic heterocycles. The van der Waals surface area contributed by atoms with Crippen LogP contribution in [0.2, 0.25) is 0 Å². The Morgan fingerprint density at radius 3 is 3.08 bits per heavy atom. The Bertz CT molecular complexity index is 484. The van der Waals surface area contributed by atoms with Gasteiger partial charge in [0.15, 0.2) is 5.06 Å². The molecule has 0 radical (unpaired) electrons. The SMILES string of the molecule is COc1cc2nc(C#N)ccc2s1. The van der Waals surface area contributed by atoms with Crippen molar-refractivity contribution in [2.45, 2.75) is 0 Å². The lowest BCUT2D eigenvalue weighted by Gasteiger charge is -1.86. The summed E-state index contributed by atoms with van der Waals surface area (Å²) in [5.74, 6) is 0. The van der Waals surface area contributed by atoms with Crippen LogP contribution < -0.4 is 4.74 Å². The fourth-order valence-corrected chi connectivity index (χ4v) is 1.88. The molecule has 0 spiro atoms. The largest absolute Gasteiger partial charge is 0.487 e. The first-order valence-corrected chi connectivity index (χ1v) is 4.50. The summed E-state index contributed by atoms with van der Waals surface area (Å²) in [6.45, 7) is 0. The van der Waals surface area contributed by atoms with E-state index in [9.17, 15) is 0 Å². The predicted molar refractivity (Wildman–Crippen MR) is 50.9 cm³/mol. The van der Waals surface area contributed by atoms with Crippen LogP contribution in [-0.2, 0) is 0 Å². The van der Waals surface area contributed by atoms with Crippen molar-refractivity contribution in [1.82, 2.24) is 4.98 Å². The molecule has 0 amide bonds. The summed E-state index contributed by atoms with van der Waals surface area (Å²) in [5, 5.41) is 9.44. The highest BCUT2D eigenvalue weighted by Gasteiger charge is 2.03. The Hall–Kier alpha value is -1.60. The quantitative estimate of drug-likeness (QED) is 0.692. The second-order valence-corrected chi connectivity index (χ2v) is 3.51. The standard InChI is InChI=1S/C9H6N2OS/c1-12-9-4-7-8(13-9)3-2-6(5-10)11-7/h2-4H,1H3. The molecule has 0 aliphatic carbocycles. The van der Waals surface area contributed by atoms with Crippen molar-refractivity contribution in [1.29, 1.82) is 5.26 Å². The minimum absolute atomic E-state index is 0.438. The number of hydrogen-bond acceptors (Lipinski definition) is 4. The van der Waals surface area contributed by atoms with E-state index >= 15 is 0 Å². The summed E-state index contributed by atoms with van der Waals surface area (Å²) in [4.78, 5) is 4.13. The molecule has 0 atom stereocenters. The van der Waals surface area contributed by atoms with Crippen molar-refractivity contribution < 1.29 is 4.74 Å². The highest BCUT2D eigenvalue weighted by molar-refractivity contribution is 7.20.